The SMILES string of the molecule is CCC1(CC)NCC(C)(C)CO1. The van der Waals surface area contributed by atoms with Crippen LogP contribution in [0.5, 0.6) is 0 Å². The Morgan fingerprint density at radius 1 is 1.25 bits per heavy atom. The first-order chi connectivity index (χ1) is 5.54. The normalized spacial score (nSPS) is 27.0. The minimum Gasteiger partial charge on any atom is -0.360 e. The van der Waals surface area contributed by atoms with Gasteiger partial charge in [0.1, 0.15) is 5.72 Å². The highest BCUT2D eigenvalue weighted by molar-refractivity contribution is 4.85. The number of hydrogen-bond donors (Lipinski definition) is 1. The van der Waals surface area contributed by atoms with Crippen molar-refractivity contribution in [3.8, 4) is 0 Å². The van der Waals surface area contributed by atoms with Crippen LogP contribution in [0.4, 0.5) is 0 Å². The molecule has 1 N–H and O–H groups in total. The van der Waals surface area contributed by atoms with Gasteiger partial charge in [-0.15, -0.1) is 0 Å². The molecule has 1 fully saturated rings. The summed E-state index contributed by atoms with van der Waals surface area (Å²) in [7, 11) is 0. The van der Waals surface area contributed by atoms with Gasteiger partial charge in [-0.25, -0.2) is 0 Å². The van der Waals surface area contributed by atoms with E-state index in [2.05, 4.69) is 33.0 Å². The van der Waals surface area contributed by atoms with Gasteiger partial charge in [-0.2, -0.15) is 0 Å². The van der Waals surface area contributed by atoms with Gasteiger partial charge in [-0.05, 0) is 12.8 Å². The Labute approximate surface area is 75.7 Å². The molecule has 0 bridgehead atoms. The Balaban J connectivity index is 2.53. The molecule has 0 radical (unpaired) electrons. The van der Waals surface area contributed by atoms with Gasteiger partial charge in [0.15, 0.2) is 0 Å². The van der Waals surface area contributed by atoms with E-state index in [0.717, 1.165) is 26.0 Å². The molecule has 0 aliphatic carbocycles. The van der Waals surface area contributed by atoms with Crippen molar-refractivity contribution in [3.63, 3.8) is 0 Å². The molecular formula is C10H21NO. The molecule has 0 unspecified atom stereocenters. The molecule has 0 saturated carbocycles. The van der Waals surface area contributed by atoms with Crippen molar-refractivity contribution in [2.75, 3.05) is 13.2 Å². The van der Waals surface area contributed by atoms with Gasteiger partial charge in [0.2, 0.25) is 0 Å². The third-order valence-electron chi connectivity index (χ3n) is 2.77. The van der Waals surface area contributed by atoms with Crippen LogP contribution in [0.15, 0.2) is 0 Å². The van der Waals surface area contributed by atoms with Gasteiger partial charge < -0.3 is 4.74 Å². The van der Waals surface area contributed by atoms with Gasteiger partial charge in [-0.1, -0.05) is 27.7 Å². The van der Waals surface area contributed by atoms with Crippen molar-refractivity contribution >= 4 is 0 Å². The zero-order valence-electron chi connectivity index (χ0n) is 8.74. The number of nitrogens with one attached hydrogen (secondary N) is 1. The van der Waals surface area contributed by atoms with E-state index in [-0.39, 0.29) is 5.72 Å². The van der Waals surface area contributed by atoms with Crippen molar-refractivity contribution in [1.29, 1.82) is 0 Å². The van der Waals surface area contributed by atoms with E-state index >= 15 is 0 Å². The van der Waals surface area contributed by atoms with Crippen LogP contribution in [0, 0.1) is 5.41 Å². The van der Waals surface area contributed by atoms with Crippen LogP contribution >= 0.6 is 0 Å². The monoisotopic (exact) mass is 171 g/mol. The average Bonchev–Trinajstić information content (AvgIpc) is 2.06. The molecule has 1 aliphatic rings. The standard InChI is InChI=1S/C10H21NO/c1-5-10(6-2)11-7-9(3,4)8-12-10/h11H,5-8H2,1-4H3. The molecule has 1 rings (SSSR count). The fourth-order valence-corrected chi connectivity index (χ4v) is 1.54. The van der Waals surface area contributed by atoms with E-state index in [1.54, 1.807) is 0 Å². The topological polar surface area (TPSA) is 21.3 Å². The van der Waals surface area contributed by atoms with Gasteiger partial charge in [-0.3, -0.25) is 5.32 Å². The molecule has 12 heavy (non-hydrogen) atoms. The zero-order chi connectivity index (χ0) is 9.24. The van der Waals surface area contributed by atoms with E-state index in [1.807, 2.05) is 0 Å². The van der Waals surface area contributed by atoms with E-state index in [4.69, 9.17) is 4.74 Å². The number of ether oxygens (including phenoxy) is 1. The fourth-order valence-electron chi connectivity index (χ4n) is 1.54. The predicted molar refractivity (Wildman–Crippen MR) is 51.0 cm³/mol. The third kappa shape index (κ3) is 1.99. The van der Waals surface area contributed by atoms with Crippen LogP contribution in [0.25, 0.3) is 0 Å². The van der Waals surface area contributed by atoms with E-state index in [9.17, 15) is 0 Å². The highest BCUT2D eigenvalue weighted by Gasteiger charge is 2.35. The number of hydrogen-bond acceptors (Lipinski definition) is 2. The second-order valence-electron chi connectivity index (χ2n) is 4.51. The summed E-state index contributed by atoms with van der Waals surface area (Å²) in [4.78, 5) is 0. The van der Waals surface area contributed by atoms with Gasteiger partial charge in [0.25, 0.3) is 0 Å². The van der Waals surface area contributed by atoms with Crippen LogP contribution in [-0.4, -0.2) is 18.9 Å². The largest absolute Gasteiger partial charge is 0.360 e. The molecule has 72 valence electrons. The summed E-state index contributed by atoms with van der Waals surface area (Å²) in [6.07, 6.45) is 2.11. The van der Waals surface area contributed by atoms with Crippen molar-refractivity contribution in [3.05, 3.63) is 0 Å². The zero-order valence-corrected chi connectivity index (χ0v) is 8.74. The maximum absolute atomic E-state index is 5.87. The number of rotatable bonds is 2. The smallest absolute Gasteiger partial charge is 0.118 e. The quantitative estimate of drug-likeness (QED) is 0.687. The third-order valence-corrected chi connectivity index (χ3v) is 2.77. The Kier molecular flexibility index (Phi) is 2.79. The summed E-state index contributed by atoms with van der Waals surface area (Å²) in [6, 6.07) is 0. The minimum absolute atomic E-state index is 0.0322. The highest BCUT2D eigenvalue weighted by atomic mass is 16.5. The molecule has 0 spiro atoms. The fraction of sp³-hybridized carbons (Fsp3) is 1.00. The van der Waals surface area contributed by atoms with Gasteiger partial charge >= 0.3 is 0 Å². The summed E-state index contributed by atoms with van der Waals surface area (Å²) in [5, 5.41) is 3.50. The molecular weight excluding hydrogens is 150 g/mol. The van der Waals surface area contributed by atoms with Crippen molar-refractivity contribution in [1.82, 2.24) is 5.32 Å². The second-order valence-corrected chi connectivity index (χ2v) is 4.51. The second kappa shape index (κ2) is 3.35. The predicted octanol–water partition coefficient (Wildman–Crippen LogP) is 2.15. The molecule has 0 aromatic heterocycles. The summed E-state index contributed by atoms with van der Waals surface area (Å²) in [5.74, 6) is 0. The lowest BCUT2D eigenvalue weighted by molar-refractivity contribution is -0.140. The van der Waals surface area contributed by atoms with Crippen LogP contribution < -0.4 is 5.32 Å². The van der Waals surface area contributed by atoms with Gasteiger partial charge in [0.05, 0.1) is 6.61 Å². The summed E-state index contributed by atoms with van der Waals surface area (Å²) < 4.78 is 5.87. The minimum atomic E-state index is -0.0322. The summed E-state index contributed by atoms with van der Waals surface area (Å²) in [6.45, 7) is 10.8. The Hall–Kier alpha value is -0.0800. The van der Waals surface area contributed by atoms with Crippen LogP contribution in [0.2, 0.25) is 0 Å². The maximum atomic E-state index is 5.87. The first-order valence-electron chi connectivity index (χ1n) is 4.92. The first kappa shape index (κ1) is 10.0. The molecule has 0 aromatic rings. The van der Waals surface area contributed by atoms with E-state index < -0.39 is 0 Å². The van der Waals surface area contributed by atoms with Crippen LogP contribution in [0.3, 0.4) is 0 Å². The lowest BCUT2D eigenvalue weighted by Crippen LogP contribution is -2.56. The van der Waals surface area contributed by atoms with E-state index in [0.29, 0.717) is 5.41 Å². The molecule has 2 nitrogen and oxygen atoms in total. The first-order valence-corrected chi connectivity index (χ1v) is 4.92. The molecule has 1 aliphatic heterocycles. The summed E-state index contributed by atoms with van der Waals surface area (Å²) >= 11 is 0. The molecule has 1 heterocycles. The lowest BCUT2D eigenvalue weighted by atomic mass is 9.90. The van der Waals surface area contributed by atoms with E-state index in [1.165, 1.54) is 0 Å². The molecule has 0 amide bonds. The average molecular weight is 171 g/mol. The van der Waals surface area contributed by atoms with Crippen LogP contribution in [-0.2, 0) is 4.74 Å². The van der Waals surface area contributed by atoms with Gasteiger partial charge in [0, 0.05) is 12.0 Å². The highest BCUT2D eigenvalue weighted by Crippen LogP contribution is 2.28. The Morgan fingerprint density at radius 2 is 1.83 bits per heavy atom. The maximum Gasteiger partial charge on any atom is 0.118 e. The lowest BCUT2D eigenvalue weighted by Gasteiger charge is -2.43. The van der Waals surface area contributed by atoms with Crippen LogP contribution in [0.1, 0.15) is 40.5 Å². The molecule has 1 saturated heterocycles. The van der Waals surface area contributed by atoms with Crippen molar-refractivity contribution < 1.29 is 4.74 Å². The van der Waals surface area contributed by atoms with Crippen molar-refractivity contribution in [2.45, 2.75) is 46.3 Å². The Morgan fingerprint density at radius 3 is 2.17 bits per heavy atom. The summed E-state index contributed by atoms with van der Waals surface area (Å²) in [5.41, 5.74) is 0.267. The van der Waals surface area contributed by atoms with Crippen molar-refractivity contribution in [2.24, 2.45) is 5.41 Å². The molecule has 0 atom stereocenters. The molecule has 2 heteroatoms. The molecule has 0 aromatic carbocycles. The Bertz CT molecular complexity index is 138.